The van der Waals surface area contributed by atoms with Gasteiger partial charge < -0.3 is 20.4 Å². The molecule has 28 heavy (non-hydrogen) atoms. The van der Waals surface area contributed by atoms with Gasteiger partial charge >= 0.3 is 0 Å². The average Bonchev–Trinajstić information content (AvgIpc) is 2.61. The van der Waals surface area contributed by atoms with Gasteiger partial charge in [-0.3, -0.25) is 9.59 Å². The first kappa shape index (κ1) is 18.7. The number of hydrogen-bond acceptors (Lipinski definition) is 6. The van der Waals surface area contributed by atoms with E-state index in [9.17, 15) is 30.0 Å². The number of rotatable bonds is 1. The summed E-state index contributed by atoms with van der Waals surface area (Å²) in [4.78, 5) is 25.1. The molecular formula is C22H22O6. The maximum Gasteiger partial charge on any atom is 0.167 e. The van der Waals surface area contributed by atoms with Gasteiger partial charge in [0.25, 0.3) is 0 Å². The molecule has 2 aromatic rings. The van der Waals surface area contributed by atoms with Crippen LogP contribution < -0.4 is 0 Å². The lowest BCUT2D eigenvalue weighted by Crippen LogP contribution is -2.26. The number of aliphatic hydroxyl groups excluding tert-OH is 2. The monoisotopic (exact) mass is 382 g/mol. The Labute approximate surface area is 162 Å². The second-order valence-corrected chi connectivity index (χ2v) is 7.82. The number of carbonyl (C=O) groups excluding carboxylic acids is 2. The van der Waals surface area contributed by atoms with Gasteiger partial charge in [0, 0.05) is 35.4 Å². The minimum atomic E-state index is -1.21. The van der Waals surface area contributed by atoms with E-state index in [2.05, 4.69) is 0 Å². The first-order valence-corrected chi connectivity index (χ1v) is 9.33. The molecule has 0 bridgehead atoms. The van der Waals surface area contributed by atoms with Gasteiger partial charge in [-0.1, -0.05) is 6.07 Å². The Hall–Kier alpha value is -2.70. The lowest BCUT2D eigenvalue weighted by atomic mass is 9.73. The van der Waals surface area contributed by atoms with E-state index in [0.29, 0.717) is 28.7 Å². The van der Waals surface area contributed by atoms with Crippen LogP contribution in [-0.2, 0) is 0 Å². The standard InChI is InChI=1S/C22H22O6/c1-9-5-11-16(25)8-13(21(27)20(11)17(26)6-9)18-10(2)7-12-14(23)3-4-15(24)19(12)22(18)28/h5-7,13-14,21,23,26-28H,3-4,8H2,1-2H3/t13-,14-,21-/m1/s1. The third-order valence-corrected chi connectivity index (χ3v) is 5.92. The van der Waals surface area contributed by atoms with Crippen molar-refractivity contribution in [1.82, 2.24) is 0 Å². The van der Waals surface area contributed by atoms with Crippen molar-refractivity contribution in [2.75, 3.05) is 0 Å². The zero-order chi connectivity index (χ0) is 20.3. The minimum absolute atomic E-state index is 0.0546. The van der Waals surface area contributed by atoms with Crippen molar-refractivity contribution in [3.05, 3.63) is 57.1 Å². The minimum Gasteiger partial charge on any atom is -0.508 e. The van der Waals surface area contributed by atoms with E-state index >= 15 is 0 Å². The predicted octanol–water partition coefficient (Wildman–Crippen LogP) is 3.13. The molecule has 0 saturated carbocycles. The van der Waals surface area contributed by atoms with E-state index < -0.39 is 18.1 Å². The maximum atomic E-state index is 12.7. The smallest absolute Gasteiger partial charge is 0.167 e. The molecular weight excluding hydrogens is 360 g/mol. The quantitative estimate of drug-likeness (QED) is 0.602. The van der Waals surface area contributed by atoms with E-state index in [4.69, 9.17) is 0 Å². The zero-order valence-electron chi connectivity index (χ0n) is 15.7. The number of aryl methyl sites for hydroxylation is 2. The lowest BCUT2D eigenvalue weighted by Gasteiger charge is -2.33. The van der Waals surface area contributed by atoms with E-state index in [1.54, 1.807) is 26.0 Å². The van der Waals surface area contributed by atoms with Gasteiger partial charge in [-0.2, -0.15) is 0 Å². The molecule has 0 saturated heterocycles. The summed E-state index contributed by atoms with van der Waals surface area (Å²) in [6, 6.07) is 4.77. The molecule has 0 radical (unpaired) electrons. The third kappa shape index (κ3) is 2.64. The van der Waals surface area contributed by atoms with Crippen LogP contribution >= 0.6 is 0 Å². The summed E-state index contributed by atoms with van der Waals surface area (Å²) in [5.74, 6) is -1.76. The summed E-state index contributed by atoms with van der Waals surface area (Å²) >= 11 is 0. The number of carbonyl (C=O) groups is 2. The third-order valence-electron chi connectivity index (χ3n) is 5.92. The van der Waals surface area contributed by atoms with Crippen LogP contribution in [0.4, 0.5) is 0 Å². The molecule has 6 heteroatoms. The fourth-order valence-electron chi connectivity index (χ4n) is 4.62. The number of ketones is 2. The average molecular weight is 382 g/mol. The normalized spacial score (nSPS) is 24.1. The summed E-state index contributed by atoms with van der Waals surface area (Å²) < 4.78 is 0. The van der Waals surface area contributed by atoms with E-state index in [1.807, 2.05) is 0 Å². The lowest BCUT2D eigenvalue weighted by molar-refractivity contribution is 0.0831. The van der Waals surface area contributed by atoms with Crippen molar-refractivity contribution in [1.29, 1.82) is 0 Å². The largest absolute Gasteiger partial charge is 0.508 e. The second-order valence-electron chi connectivity index (χ2n) is 7.82. The Bertz CT molecular complexity index is 1020. The van der Waals surface area contributed by atoms with Gasteiger partial charge in [0.05, 0.1) is 17.8 Å². The summed E-state index contributed by atoms with van der Waals surface area (Å²) in [5, 5.41) is 42.4. The second kappa shape index (κ2) is 6.43. The zero-order valence-corrected chi connectivity index (χ0v) is 15.7. The molecule has 2 aliphatic carbocycles. The SMILES string of the molecule is Cc1cc(O)c2c(c1)C(=O)C[C@H](c1c(C)cc3c(c1O)C(=O)CC[C@H]3O)[C@H]2O. The number of Topliss-reactive ketones (excluding diaryl/α,β-unsaturated/α-hetero) is 2. The summed E-state index contributed by atoms with van der Waals surface area (Å²) in [7, 11) is 0. The van der Waals surface area contributed by atoms with Gasteiger partial charge in [-0.05, 0) is 49.1 Å². The summed E-state index contributed by atoms with van der Waals surface area (Å²) in [6.45, 7) is 3.46. The molecule has 2 aliphatic rings. The molecule has 0 unspecified atom stereocenters. The molecule has 4 rings (SSSR count). The predicted molar refractivity (Wildman–Crippen MR) is 101 cm³/mol. The van der Waals surface area contributed by atoms with Crippen LogP contribution in [0.3, 0.4) is 0 Å². The van der Waals surface area contributed by atoms with E-state index in [0.717, 1.165) is 0 Å². The molecule has 0 aliphatic heterocycles. The van der Waals surface area contributed by atoms with Gasteiger partial charge in [0.1, 0.15) is 11.5 Å². The molecule has 0 heterocycles. The fourth-order valence-corrected chi connectivity index (χ4v) is 4.62. The van der Waals surface area contributed by atoms with Crippen molar-refractivity contribution < 1.29 is 30.0 Å². The number of aromatic hydroxyl groups is 2. The Balaban J connectivity index is 1.90. The first-order chi connectivity index (χ1) is 13.2. The van der Waals surface area contributed by atoms with Crippen LogP contribution in [0.1, 0.15) is 85.9 Å². The number of aliphatic hydroxyl groups is 2. The molecule has 3 atom stereocenters. The number of phenolic OH excluding ortho intramolecular Hbond substituents is 2. The maximum absolute atomic E-state index is 12.7. The topological polar surface area (TPSA) is 115 Å². The van der Waals surface area contributed by atoms with Crippen molar-refractivity contribution in [3.63, 3.8) is 0 Å². The molecule has 0 aromatic heterocycles. The van der Waals surface area contributed by atoms with Crippen LogP contribution in [0.2, 0.25) is 0 Å². The van der Waals surface area contributed by atoms with Crippen molar-refractivity contribution in [2.24, 2.45) is 0 Å². The van der Waals surface area contributed by atoms with Gasteiger partial charge in [-0.25, -0.2) is 0 Å². The molecule has 146 valence electrons. The van der Waals surface area contributed by atoms with Crippen LogP contribution in [-0.4, -0.2) is 32.0 Å². The van der Waals surface area contributed by atoms with Gasteiger partial charge in [0.2, 0.25) is 0 Å². The van der Waals surface area contributed by atoms with Crippen molar-refractivity contribution >= 4 is 11.6 Å². The molecule has 4 N–H and O–H groups in total. The Kier molecular flexibility index (Phi) is 4.28. The fraction of sp³-hybridized carbons (Fsp3) is 0.364. The highest BCUT2D eigenvalue weighted by molar-refractivity contribution is 6.03. The highest BCUT2D eigenvalue weighted by Gasteiger charge is 2.40. The van der Waals surface area contributed by atoms with Crippen LogP contribution in [0.25, 0.3) is 0 Å². The Morgan fingerprint density at radius 3 is 2.39 bits per heavy atom. The molecule has 6 nitrogen and oxygen atoms in total. The van der Waals surface area contributed by atoms with Crippen molar-refractivity contribution in [3.8, 4) is 11.5 Å². The Morgan fingerprint density at radius 1 is 0.964 bits per heavy atom. The summed E-state index contributed by atoms with van der Waals surface area (Å²) in [5.41, 5.74) is 2.48. The molecule has 0 amide bonds. The van der Waals surface area contributed by atoms with Crippen molar-refractivity contribution in [2.45, 2.75) is 51.2 Å². The highest BCUT2D eigenvalue weighted by atomic mass is 16.3. The van der Waals surface area contributed by atoms with Crippen LogP contribution in [0, 0.1) is 13.8 Å². The number of benzene rings is 2. The molecule has 0 fully saturated rings. The highest BCUT2D eigenvalue weighted by Crippen LogP contribution is 2.50. The van der Waals surface area contributed by atoms with Crippen LogP contribution in [0.15, 0.2) is 18.2 Å². The molecule has 2 aromatic carbocycles. The number of hydrogen-bond donors (Lipinski definition) is 4. The molecule has 0 spiro atoms. The van der Waals surface area contributed by atoms with Gasteiger partial charge in [-0.15, -0.1) is 0 Å². The van der Waals surface area contributed by atoms with Gasteiger partial charge in [0.15, 0.2) is 11.6 Å². The number of phenols is 2. The van der Waals surface area contributed by atoms with Crippen LogP contribution in [0.5, 0.6) is 11.5 Å². The Morgan fingerprint density at radius 2 is 1.68 bits per heavy atom. The number of fused-ring (bicyclic) bond motifs is 2. The van der Waals surface area contributed by atoms with E-state index in [-0.39, 0.29) is 52.6 Å². The van der Waals surface area contributed by atoms with E-state index in [1.165, 1.54) is 6.07 Å². The summed E-state index contributed by atoms with van der Waals surface area (Å²) in [6.07, 6.45) is -1.67. The first-order valence-electron chi connectivity index (χ1n) is 9.33.